The Morgan fingerprint density at radius 3 is 2.33 bits per heavy atom. The molecule has 3 N–H and O–H groups in total. The first-order valence-corrected chi connectivity index (χ1v) is 11.0. The number of guanidine groups is 1. The summed E-state index contributed by atoms with van der Waals surface area (Å²) in [5.74, 6) is 0.679. The maximum Gasteiger partial charge on any atom is 0.240 e. The van der Waals surface area contributed by atoms with Crippen LogP contribution < -0.4 is 15.4 Å². The van der Waals surface area contributed by atoms with E-state index >= 15 is 0 Å². The first-order valence-electron chi connectivity index (χ1n) is 8.69. The van der Waals surface area contributed by atoms with Crippen molar-refractivity contribution in [2.75, 3.05) is 19.6 Å². The second kappa shape index (κ2) is 12.3. The number of nitrogens with one attached hydrogen (secondary N) is 3. The molecule has 1 heterocycles. The lowest BCUT2D eigenvalue weighted by atomic mass is 10.4. The number of benzene rings is 1. The van der Waals surface area contributed by atoms with E-state index in [4.69, 9.17) is 0 Å². The first-order chi connectivity index (χ1) is 12.5. The summed E-state index contributed by atoms with van der Waals surface area (Å²) in [4.78, 5) is 7.38. The van der Waals surface area contributed by atoms with Crippen LogP contribution in [0.5, 0.6) is 0 Å². The van der Waals surface area contributed by atoms with Crippen LogP contribution in [0.25, 0.3) is 0 Å². The van der Waals surface area contributed by atoms with Gasteiger partial charge in [-0.2, -0.15) is 0 Å². The van der Waals surface area contributed by atoms with Gasteiger partial charge < -0.3 is 10.6 Å². The lowest BCUT2D eigenvalue weighted by Crippen LogP contribution is -2.41. The Hall–Kier alpha value is -1.17. The molecular formula is C18H27IN4O2S2. The van der Waals surface area contributed by atoms with Crippen molar-refractivity contribution < 1.29 is 8.42 Å². The van der Waals surface area contributed by atoms with Crippen LogP contribution in [0.15, 0.2) is 52.4 Å². The molecule has 6 nitrogen and oxygen atoms in total. The van der Waals surface area contributed by atoms with Gasteiger partial charge in [-0.3, -0.25) is 0 Å². The number of nitrogens with zero attached hydrogens (tertiary/aromatic N) is 1. The van der Waals surface area contributed by atoms with E-state index in [1.54, 1.807) is 41.7 Å². The van der Waals surface area contributed by atoms with Gasteiger partial charge in [-0.1, -0.05) is 25.1 Å². The van der Waals surface area contributed by atoms with Crippen LogP contribution >= 0.6 is 35.3 Å². The molecule has 150 valence electrons. The van der Waals surface area contributed by atoms with E-state index < -0.39 is 10.0 Å². The molecule has 0 fully saturated rings. The predicted molar refractivity (Wildman–Crippen MR) is 124 cm³/mol. The summed E-state index contributed by atoms with van der Waals surface area (Å²) in [6, 6.07) is 12.6. The van der Waals surface area contributed by atoms with Gasteiger partial charge in [0.15, 0.2) is 5.96 Å². The maximum absolute atomic E-state index is 12.2. The topological polar surface area (TPSA) is 82.6 Å². The minimum absolute atomic E-state index is 0. The molecule has 0 unspecified atom stereocenters. The van der Waals surface area contributed by atoms with Crippen molar-refractivity contribution in [3.05, 3.63) is 52.2 Å². The molecule has 0 radical (unpaired) electrons. The van der Waals surface area contributed by atoms with Gasteiger partial charge in [0.05, 0.1) is 11.4 Å². The third kappa shape index (κ3) is 8.16. The fourth-order valence-electron chi connectivity index (χ4n) is 2.25. The fourth-order valence-corrected chi connectivity index (χ4v) is 4.18. The zero-order valence-corrected chi connectivity index (χ0v) is 19.5. The molecule has 0 aliphatic rings. The highest BCUT2D eigenvalue weighted by Crippen LogP contribution is 2.17. The van der Waals surface area contributed by atoms with Crippen LogP contribution in [-0.4, -0.2) is 34.0 Å². The Labute approximate surface area is 182 Å². The van der Waals surface area contributed by atoms with Gasteiger partial charge in [0, 0.05) is 29.4 Å². The van der Waals surface area contributed by atoms with E-state index in [0.717, 1.165) is 13.0 Å². The van der Waals surface area contributed by atoms with Crippen molar-refractivity contribution in [3.8, 4) is 0 Å². The molecule has 27 heavy (non-hydrogen) atoms. The van der Waals surface area contributed by atoms with E-state index in [1.165, 1.54) is 9.75 Å². The van der Waals surface area contributed by atoms with Gasteiger partial charge in [0.25, 0.3) is 0 Å². The fraction of sp³-hybridized carbons (Fsp3) is 0.389. The standard InChI is InChI=1S/C18H26N4O2S2.HI/c1-3-15-10-11-16(25-15)14-21-18(19-4-2)20-12-13-22-26(23,24)17-8-6-5-7-9-17;/h5-11,22H,3-4,12-14H2,1-2H3,(H2,19,20,21);1H. The molecule has 2 aromatic rings. The molecular weight excluding hydrogens is 495 g/mol. The van der Waals surface area contributed by atoms with Crippen molar-refractivity contribution in [2.45, 2.75) is 31.7 Å². The van der Waals surface area contributed by atoms with Gasteiger partial charge in [0.1, 0.15) is 0 Å². The average molecular weight is 522 g/mol. The Kier molecular flexibility index (Phi) is 10.9. The normalized spacial score (nSPS) is 11.7. The van der Waals surface area contributed by atoms with E-state index in [9.17, 15) is 8.42 Å². The summed E-state index contributed by atoms with van der Waals surface area (Å²) in [5.41, 5.74) is 0. The Morgan fingerprint density at radius 2 is 1.70 bits per heavy atom. The largest absolute Gasteiger partial charge is 0.357 e. The summed E-state index contributed by atoms with van der Waals surface area (Å²) in [5, 5.41) is 6.32. The van der Waals surface area contributed by atoms with E-state index in [0.29, 0.717) is 19.0 Å². The number of halogens is 1. The summed E-state index contributed by atoms with van der Waals surface area (Å²) in [6.07, 6.45) is 1.04. The van der Waals surface area contributed by atoms with Crippen LogP contribution in [-0.2, 0) is 23.0 Å². The molecule has 1 aromatic heterocycles. The van der Waals surface area contributed by atoms with Gasteiger partial charge in [0.2, 0.25) is 10.0 Å². The first kappa shape index (κ1) is 23.9. The van der Waals surface area contributed by atoms with Crippen LogP contribution in [0.2, 0.25) is 0 Å². The van der Waals surface area contributed by atoms with Crippen molar-refractivity contribution in [3.63, 3.8) is 0 Å². The predicted octanol–water partition coefficient (Wildman–Crippen LogP) is 2.96. The number of hydrogen-bond acceptors (Lipinski definition) is 4. The molecule has 0 bridgehead atoms. The highest BCUT2D eigenvalue weighted by molar-refractivity contribution is 14.0. The van der Waals surface area contributed by atoms with Crippen LogP contribution in [0.1, 0.15) is 23.6 Å². The van der Waals surface area contributed by atoms with Gasteiger partial charge >= 0.3 is 0 Å². The molecule has 9 heteroatoms. The smallest absolute Gasteiger partial charge is 0.240 e. The number of hydrogen-bond donors (Lipinski definition) is 3. The molecule has 0 spiro atoms. The van der Waals surface area contributed by atoms with Crippen molar-refractivity contribution >= 4 is 51.3 Å². The molecule has 0 saturated carbocycles. The minimum Gasteiger partial charge on any atom is -0.357 e. The Bertz CT molecular complexity index is 808. The molecule has 0 atom stereocenters. The van der Waals surface area contributed by atoms with E-state index in [2.05, 4.69) is 39.4 Å². The molecule has 0 aliphatic heterocycles. The second-order valence-corrected chi connectivity index (χ2v) is 8.57. The molecule has 0 saturated heterocycles. The lowest BCUT2D eigenvalue weighted by molar-refractivity contribution is 0.580. The van der Waals surface area contributed by atoms with Gasteiger partial charge in [-0.15, -0.1) is 35.3 Å². The molecule has 0 aliphatic carbocycles. The number of aryl methyl sites for hydroxylation is 1. The zero-order valence-electron chi connectivity index (χ0n) is 15.6. The van der Waals surface area contributed by atoms with Gasteiger partial charge in [-0.25, -0.2) is 18.1 Å². The summed E-state index contributed by atoms with van der Waals surface area (Å²) in [7, 11) is -3.47. The number of thiophene rings is 1. The minimum atomic E-state index is -3.47. The van der Waals surface area contributed by atoms with Crippen molar-refractivity contribution in [1.29, 1.82) is 0 Å². The van der Waals surface area contributed by atoms with E-state index in [1.807, 2.05) is 6.92 Å². The van der Waals surface area contributed by atoms with Gasteiger partial charge in [-0.05, 0) is 37.6 Å². The maximum atomic E-state index is 12.2. The third-order valence-electron chi connectivity index (χ3n) is 3.57. The quantitative estimate of drug-likeness (QED) is 0.205. The van der Waals surface area contributed by atoms with Crippen molar-refractivity contribution in [1.82, 2.24) is 15.4 Å². The monoisotopic (exact) mass is 522 g/mol. The highest BCUT2D eigenvalue weighted by Gasteiger charge is 2.12. The number of rotatable bonds is 9. The van der Waals surface area contributed by atoms with E-state index in [-0.39, 0.29) is 35.4 Å². The molecule has 2 rings (SSSR count). The van der Waals surface area contributed by atoms with Crippen LogP contribution in [0.3, 0.4) is 0 Å². The number of sulfonamides is 1. The Balaban J connectivity index is 0.00000364. The zero-order chi connectivity index (χ0) is 18.8. The molecule has 0 amide bonds. The summed E-state index contributed by atoms with van der Waals surface area (Å²) in [6.45, 7) is 6.21. The second-order valence-electron chi connectivity index (χ2n) is 5.55. The summed E-state index contributed by atoms with van der Waals surface area (Å²) >= 11 is 1.77. The van der Waals surface area contributed by atoms with Crippen molar-refractivity contribution in [2.24, 2.45) is 4.99 Å². The SMILES string of the molecule is CCNC(=NCc1ccc(CC)s1)NCCNS(=O)(=O)c1ccccc1.I. The average Bonchev–Trinajstić information content (AvgIpc) is 3.12. The molecule has 1 aromatic carbocycles. The van der Waals surface area contributed by atoms with Crippen LogP contribution in [0, 0.1) is 0 Å². The lowest BCUT2D eigenvalue weighted by Gasteiger charge is -2.12. The summed E-state index contributed by atoms with van der Waals surface area (Å²) < 4.78 is 26.9. The Morgan fingerprint density at radius 1 is 1.00 bits per heavy atom. The third-order valence-corrected chi connectivity index (χ3v) is 6.26. The highest BCUT2D eigenvalue weighted by atomic mass is 127. The number of aliphatic imine (C=N–C) groups is 1. The van der Waals surface area contributed by atoms with Crippen LogP contribution in [0.4, 0.5) is 0 Å².